The number of nitrogens with zero attached hydrogens (tertiary/aromatic N) is 2. The first kappa shape index (κ1) is 14.7. The van der Waals surface area contributed by atoms with Crippen molar-refractivity contribution in [3.8, 4) is 0 Å². The van der Waals surface area contributed by atoms with Gasteiger partial charge in [-0.3, -0.25) is 4.79 Å². The van der Waals surface area contributed by atoms with Gasteiger partial charge in [0, 0.05) is 48.8 Å². The summed E-state index contributed by atoms with van der Waals surface area (Å²) < 4.78 is 0. The van der Waals surface area contributed by atoms with E-state index in [2.05, 4.69) is 4.90 Å². The SMILES string of the molecule is NC1CCC(C(=O)N2CCN(c3ccc(Cl)cc3)CC2)C1. The predicted octanol–water partition coefficient (Wildman–Crippen LogP) is 2.12. The number of hydrogen-bond acceptors (Lipinski definition) is 3. The molecule has 4 nitrogen and oxygen atoms in total. The fourth-order valence-electron chi connectivity index (χ4n) is 3.34. The number of anilines is 1. The van der Waals surface area contributed by atoms with Crippen LogP contribution in [-0.4, -0.2) is 43.0 Å². The molecule has 1 aromatic carbocycles. The summed E-state index contributed by atoms with van der Waals surface area (Å²) >= 11 is 5.92. The largest absolute Gasteiger partial charge is 0.368 e. The van der Waals surface area contributed by atoms with Crippen molar-refractivity contribution in [1.29, 1.82) is 0 Å². The summed E-state index contributed by atoms with van der Waals surface area (Å²) in [5.41, 5.74) is 7.09. The average Bonchev–Trinajstić information content (AvgIpc) is 2.94. The first-order valence-corrected chi connectivity index (χ1v) is 8.06. The van der Waals surface area contributed by atoms with Crippen molar-refractivity contribution in [2.45, 2.75) is 25.3 Å². The van der Waals surface area contributed by atoms with Gasteiger partial charge in [0.2, 0.25) is 5.91 Å². The van der Waals surface area contributed by atoms with E-state index in [9.17, 15) is 4.79 Å². The number of piperazine rings is 1. The highest BCUT2D eigenvalue weighted by Gasteiger charge is 2.32. The third-order valence-electron chi connectivity index (χ3n) is 4.61. The van der Waals surface area contributed by atoms with E-state index in [1.165, 1.54) is 5.69 Å². The van der Waals surface area contributed by atoms with Crippen LogP contribution >= 0.6 is 11.6 Å². The molecule has 0 spiro atoms. The lowest BCUT2D eigenvalue weighted by atomic mass is 10.1. The molecule has 1 aromatic rings. The summed E-state index contributed by atoms with van der Waals surface area (Å²) in [5, 5.41) is 0.755. The molecule has 2 fully saturated rings. The highest BCUT2D eigenvalue weighted by atomic mass is 35.5. The predicted molar refractivity (Wildman–Crippen MR) is 85.6 cm³/mol. The minimum absolute atomic E-state index is 0.155. The van der Waals surface area contributed by atoms with Crippen LogP contribution in [0.1, 0.15) is 19.3 Å². The summed E-state index contributed by atoms with van der Waals surface area (Å²) in [6, 6.07) is 8.11. The topological polar surface area (TPSA) is 49.6 Å². The van der Waals surface area contributed by atoms with Crippen LogP contribution in [0.4, 0.5) is 5.69 Å². The molecule has 1 amide bonds. The van der Waals surface area contributed by atoms with Gasteiger partial charge in [0.05, 0.1) is 0 Å². The number of carbonyl (C=O) groups excluding carboxylic acids is 1. The summed E-state index contributed by atoms with van der Waals surface area (Å²) in [6.45, 7) is 3.36. The molecular weight excluding hydrogens is 286 g/mol. The van der Waals surface area contributed by atoms with Gasteiger partial charge in [-0.25, -0.2) is 0 Å². The number of nitrogens with two attached hydrogens (primary N) is 1. The highest BCUT2D eigenvalue weighted by molar-refractivity contribution is 6.30. The molecule has 0 radical (unpaired) electrons. The van der Waals surface area contributed by atoms with E-state index in [1.54, 1.807) is 0 Å². The minimum Gasteiger partial charge on any atom is -0.368 e. The van der Waals surface area contributed by atoms with Crippen LogP contribution in [0.15, 0.2) is 24.3 Å². The number of carbonyl (C=O) groups is 1. The van der Waals surface area contributed by atoms with E-state index in [-0.39, 0.29) is 12.0 Å². The van der Waals surface area contributed by atoms with Crippen molar-refractivity contribution < 1.29 is 4.79 Å². The van der Waals surface area contributed by atoms with Gasteiger partial charge in [-0.1, -0.05) is 11.6 Å². The first-order chi connectivity index (χ1) is 10.1. The van der Waals surface area contributed by atoms with E-state index < -0.39 is 0 Å². The molecule has 0 aromatic heterocycles. The van der Waals surface area contributed by atoms with Crippen molar-refractivity contribution in [1.82, 2.24) is 4.90 Å². The van der Waals surface area contributed by atoms with Crippen molar-refractivity contribution >= 4 is 23.2 Å². The standard InChI is InChI=1S/C16H22ClN3O/c17-13-2-5-15(6-3-13)19-7-9-20(10-8-19)16(21)12-1-4-14(18)11-12/h2-3,5-6,12,14H,1,4,7-11,18H2. The van der Waals surface area contributed by atoms with Gasteiger partial charge >= 0.3 is 0 Å². The first-order valence-electron chi connectivity index (χ1n) is 7.68. The third-order valence-corrected chi connectivity index (χ3v) is 4.86. The lowest BCUT2D eigenvalue weighted by molar-refractivity contribution is -0.135. The van der Waals surface area contributed by atoms with Crippen LogP contribution in [0.2, 0.25) is 5.02 Å². The zero-order valence-electron chi connectivity index (χ0n) is 12.2. The quantitative estimate of drug-likeness (QED) is 0.910. The molecule has 1 saturated heterocycles. The van der Waals surface area contributed by atoms with Gasteiger partial charge < -0.3 is 15.5 Å². The van der Waals surface area contributed by atoms with E-state index in [1.807, 2.05) is 29.2 Å². The van der Waals surface area contributed by atoms with Gasteiger partial charge in [-0.2, -0.15) is 0 Å². The van der Waals surface area contributed by atoms with Crippen molar-refractivity contribution in [3.63, 3.8) is 0 Å². The maximum absolute atomic E-state index is 12.5. The van der Waals surface area contributed by atoms with Crippen LogP contribution < -0.4 is 10.6 Å². The normalized spacial score (nSPS) is 26.2. The number of hydrogen-bond donors (Lipinski definition) is 1. The van der Waals surface area contributed by atoms with Gasteiger partial charge in [-0.05, 0) is 43.5 Å². The monoisotopic (exact) mass is 307 g/mol. The highest BCUT2D eigenvalue weighted by Crippen LogP contribution is 2.27. The Morgan fingerprint density at radius 3 is 2.33 bits per heavy atom. The average molecular weight is 308 g/mol. The molecule has 0 bridgehead atoms. The maximum Gasteiger partial charge on any atom is 0.225 e. The van der Waals surface area contributed by atoms with Crippen LogP contribution in [-0.2, 0) is 4.79 Å². The molecule has 5 heteroatoms. The number of rotatable bonds is 2. The van der Waals surface area contributed by atoms with E-state index >= 15 is 0 Å². The molecule has 1 heterocycles. The molecule has 114 valence electrons. The van der Waals surface area contributed by atoms with Crippen LogP contribution in [0.3, 0.4) is 0 Å². The number of benzene rings is 1. The number of amides is 1. The van der Waals surface area contributed by atoms with Gasteiger partial charge in [0.1, 0.15) is 0 Å². The molecule has 1 aliphatic carbocycles. The second kappa shape index (κ2) is 6.24. The smallest absolute Gasteiger partial charge is 0.225 e. The molecule has 2 aliphatic rings. The molecule has 3 rings (SSSR count). The molecule has 21 heavy (non-hydrogen) atoms. The Morgan fingerprint density at radius 1 is 1.10 bits per heavy atom. The van der Waals surface area contributed by atoms with Crippen LogP contribution in [0.5, 0.6) is 0 Å². The fourth-order valence-corrected chi connectivity index (χ4v) is 3.46. The van der Waals surface area contributed by atoms with E-state index in [0.29, 0.717) is 5.91 Å². The lowest BCUT2D eigenvalue weighted by Gasteiger charge is -2.37. The zero-order chi connectivity index (χ0) is 14.8. The molecule has 2 unspecified atom stereocenters. The molecule has 2 N–H and O–H groups in total. The Kier molecular flexibility index (Phi) is 4.36. The van der Waals surface area contributed by atoms with Crippen LogP contribution in [0, 0.1) is 5.92 Å². The maximum atomic E-state index is 12.5. The van der Waals surface area contributed by atoms with E-state index in [4.69, 9.17) is 17.3 Å². The van der Waals surface area contributed by atoms with Gasteiger partial charge in [0.15, 0.2) is 0 Å². The lowest BCUT2D eigenvalue weighted by Crippen LogP contribution is -2.50. The Morgan fingerprint density at radius 2 is 1.76 bits per heavy atom. The second-order valence-corrected chi connectivity index (χ2v) is 6.50. The van der Waals surface area contributed by atoms with Crippen LogP contribution in [0.25, 0.3) is 0 Å². The van der Waals surface area contributed by atoms with E-state index in [0.717, 1.165) is 50.5 Å². The summed E-state index contributed by atoms with van der Waals surface area (Å²) in [4.78, 5) is 16.8. The van der Waals surface area contributed by atoms with Gasteiger partial charge in [0.25, 0.3) is 0 Å². The third kappa shape index (κ3) is 3.33. The fraction of sp³-hybridized carbons (Fsp3) is 0.562. The van der Waals surface area contributed by atoms with Crippen molar-refractivity contribution in [3.05, 3.63) is 29.3 Å². The second-order valence-electron chi connectivity index (χ2n) is 6.06. The zero-order valence-corrected chi connectivity index (χ0v) is 12.9. The summed E-state index contributed by atoms with van der Waals surface area (Å²) in [6.07, 6.45) is 2.80. The van der Waals surface area contributed by atoms with Gasteiger partial charge in [-0.15, -0.1) is 0 Å². The molecule has 1 saturated carbocycles. The minimum atomic E-state index is 0.155. The number of halogens is 1. The Hall–Kier alpha value is -1.26. The molecular formula is C16H22ClN3O. The van der Waals surface area contributed by atoms with Crippen molar-refractivity contribution in [2.24, 2.45) is 11.7 Å². The Labute approximate surface area is 130 Å². The Balaban J connectivity index is 1.55. The summed E-state index contributed by atoms with van der Waals surface area (Å²) in [7, 11) is 0. The molecule has 1 aliphatic heterocycles. The molecule has 2 atom stereocenters. The van der Waals surface area contributed by atoms with Crippen molar-refractivity contribution in [2.75, 3.05) is 31.1 Å². The summed E-state index contributed by atoms with van der Waals surface area (Å²) in [5.74, 6) is 0.459. The Bertz CT molecular complexity index is 497.